The third-order valence-corrected chi connectivity index (χ3v) is 3.35. The zero-order valence-electron chi connectivity index (χ0n) is 13.0. The molecule has 0 atom stereocenters. The van der Waals surface area contributed by atoms with Crippen molar-refractivity contribution < 1.29 is 27.8 Å². The molecule has 1 saturated heterocycles. The summed E-state index contributed by atoms with van der Waals surface area (Å²) in [7, 11) is 1.32. The number of halogens is 2. The van der Waals surface area contributed by atoms with Crippen LogP contribution in [0.1, 0.15) is 6.42 Å². The standard InChI is InChI=1S/C15H12F2N4O4/c1-24-13-10(21-5-4-12(22)19-15(21)23)7-18-14(20-13)25-11-3-2-8(16)6-9(11)17/h2-3,6-7H,4-5H2,1H3,(H,19,22,23). The molecule has 0 saturated carbocycles. The molecule has 0 bridgehead atoms. The van der Waals surface area contributed by atoms with Crippen molar-refractivity contribution in [3.05, 3.63) is 36.0 Å². The van der Waals surface area contributed by atoms with Gasteiger partial charge in [-0.1, -0.05) is 0 Å². The van der Waals surface area contributed by atoms with Crippen molar-refractivity contribution in [1.82, 2.24) is 15.3 Å². The van der Waals surface area contributed by atoms with Crippen molar-refractivity contribution in [2.75, 3.05) is 18.6 Å². The molecule has 3 amide bonds. The summed E-state index contributed by atoms with van der Waals surface area (Å²) in [4.78, 5) is 32.2. The van der Waals surface area contributed by atoms with E-state index in [1.165, 1.54) is 18.2 Å². The fourth-order valence-electron chi connectivity index (χ4n) is 2.18. The Bertz CT molecular complexity index is 846. The van der Waals surface area contributed by atoms with E-state index in [1.807, 2.05) is 0 Å². The molecule has 2 aromatic rings. The minimum atomic E-state index is -0.916. The van der Waals surface area contributed by atoms with Crippen LogP contribution in [0.2, 0.25) is 0 Å². The molecule has 8 nitrogen and oxygen atoms in total. The van der Waals surface area contributed by atoms with Crippen molar-refractivity contribution in [2.45, 2.75) is 6.42 Å². The zero-order chi connectivity index (χ0) is 18.0. The first-order valence-electron chi connectivity index (χ1n) is 7.13. The predicted molar refractivity (Wildman–Crippen MR) is 80.5 cm³/mol. The number of nitrogens with one attached hydrogen (secondary N) is 1. The Balaban J connectivity index is 1.87. The molecule has 0 unspecified atom stereocenters. The van der Waals surface area contributed by atoms with Gasteiger partial charge in [0, 0.05) is 19.0 Å². The van der Waals surface area contributed by atoms with E-state index in [-0.39, 0.29) is 42.2 Å². The van der Waals surface area contributed by atoms with Gasteiger partial charge in [-0.05, 0) is 12.1 Å². The number of carbonyl (C=O) groups is 2. The fraction of sp³-hybridized carbons (Fsp3) is 0.200. The maximum absolute atomic E-state index is 13.6. The van der Waals surface area contributed by atoms with Gasteiger partial charge in [-0.2, -0.15) is 4.98 Å². The number of methoxy groups -OCH3 is 1. The second-order valence-corrected chi connectivity index (χ2v) is 4.98. The Morgan fingerprint density at radius 2 is 2.08 bits per heavy atom. The highest BCUT2D eigenvalue weighted by Gasteiger charge is 2.28. The van der Waals surface area contributed by atoms with Gasteiger partial charge in [-0.15, -0.1) is 0 Å². The number of benzene rings is 1. The van der Waals surface area contributed by atoms with Crippen LogP contribution in [0.4, 0.5) is 19.3 Å². The van der Waals surface area contributed by atoms with E-state index in [4.69, 9.17) is 9.47 Å². The summed E-state index contributed by atoms with van der Waals surface area (Å²) < 4.78 is 36.8. The van der Waals surface area contributed by atoms with Crippen LogP contribution in [0.5, 0.6) is 17.6 Å². The number of nitrogens with zero attached hydrogens (tertiary/aromatic N) is 3. The van der Waals surface area contributed by atoms with Gasteiger partial charge in [-0.3, -0.25) is 15.0 Å². The van der Waals surface area contributed by atoms with E-state index in [0.29, 0.717) is 6.07 Å². The minimum absolute atomic E-state index is 0.00276. The number of carbonyl (C=O) groups excluding carboxylic acids is 2. The molecule has 1 aliphatic heterocycles. The number of rotatable bonds is 4. The molecule has 1 aromatic carbocycles. The molecule has 0 radical (unpaired) electrons. The Labute approximate surface area is 140 Å². The molecule has 1 N–H and O–H groups in total. The van der Waals surface area contributed by atoms with Crippen LogP contribution in [0.3, 0.4) is 0 Å². The van der Waals surface area contributed by atoms with E-state index in [1.54, 1.807) is 0 Å². The van der Waals surface area contributed by atoms with Crippen LogP contribution >= 0.6 is 0 Å². The van der Waals surface area contributed by atoms with E-state index in [0.717, 1.165) is 12.1 Å². The molecule has 3 rings (SSSR count). The van der Waals surface area contributed by atoms with Crippen molar-refractivity contribution >= 4 is 17.6 Å². The molecule has 25 heavy (non-hydrogen) atoms. The number of imide groups is 1. The lowest BCUT2D eigenvalue weighted by molar-refractivity contribution is -0.120. The molecule has 0 aliphatic carbocycles. The van der Waals surface area contributed by atoms with Gasteiger partial charge in [0.15, 0.2) is 11.6 Å². The average Bonchev–Trinajstić information content (AvgIpc) is 2.58. The van der Waals surface area contributed by atoms with E-state index in [2.05, 4.69) is 15.3 Å². The van der Waals surface area contributed by atoms with Gasteiger partial charge in [0.2, 0.25) is 11.8 Å². The van der Waals surface area contributed by atoms with E-state index < -0.39 is 17.7 Å². The highest BCUT2D eigenvalue weighted by atomic mass is 19.1. The first-order valence-corrected chi connectivity index (χ1v) is 7.13. The van der Waals surface area contributed by atoms with Crippen LogP contribution in [-0.4, -0.2) is 35.6 Å². The predicted octanol–water partition coefficient (Wildman–Crippen LogP) is 2.00. The van der Waals surface area contributed by atoms with Crippen LogP contribution < -0.4 is 19.7 Å². The van der Waals surface area contributed by atoms with Gasteiger partial charge in [0.25, 0.3) is 0 Å². The van der Waals surface area contributed by atoms with Gasteiger partial charge in [-0.25, -0.2) is 18.6 Å². The van der Waals surface area contributed by atoms with Crippen molar-refractivity contribution in [1.29, 1.82) is 0 Å². The lowest BCUT2D eigenvalue weighted by atomic mass is 10.3. The Kier molecular flexibility index (Phi) is 4.42. The number of hydrogen-bond donors (Lipinski definition) is 1. The number of ether oxygens (including phenoxy) is 2. The molecule has 130 valence electrons. The maximum Gasteiger partial charge on any atom is 0.328 e. The fourth-order valence-corrected chi connectivity index (χ4v) is 2.18. The number of hydrogen-bond acceptors (Lipinski definition) is 6. The number of amides is 3. The van der Waals surface area contributed by atoms with Crippen molar-refractivity contribution in [3.8, 4) is 17.6 Å². The van der Waals surface area contributed by atoms with Gasteiger partial charge >= 0.3 is 12.0 Å². The van der Waals surface area contributed by atoms with Crippen LogP contribution in [0.15, 0.2) is 24.4 Å². The summed E-state index contributed by atoms with van der Waals surface area (Å²) in [5, 5.41) is 2.17. The summed E-state index contributed by atoms with van der Waals surface area (Å²) in [6, 6.07) is 1.91. The summed E-state index contributed by atoms with van der Waals surface area (Å²) in [5.74, 6) is -2.31. The molecule has 1 aromatic heterocycles. The maximum atomic E-state index is 13.6. The quantitative estimate of drug-likeness (QED) is 0.906. The third kappa shape index (κ3) is 3.47. The second kappa shape index (κ2) is 6.67. The zero-order valence-corrected chi connectivity index (χ0v) is 13.0. The van der Waals surface area contributed by atoms with Crippen LogP contribution in [0.25, 0.3) is 0 Å². The highest BCUT2D eigenvalue weighted by Crippen LogP contribution is 2.30. The first kappa shape index (κ1) is 16.6. The largest absolute Gasteiger partial charge is 0.479 e. The summed E-state index contributed by atoms with van der Waals surface area (Å²) in [6.07, 6.45) is 1.37. The number of aromatic nitrogens is 2. The molecule has 2 heterocycles. The highest BCUT2D eigenvalue weighted by molar-refractivity contribution is 6.06. The van der Waals surface area contributed by atoms with Crippen molar-refractivity contribution in [3.63, 3.8) is 0 Å². The number of urea groups is 1. The number of anilines is 1. The first-order chi connectivity index (χ1) is 12.0. The lowest BCUT2D eigenvalue weighted by Gasteiger charge is -2.26. The monoisotopic (exact) mass is 350 g/mol. The van der Waals surface area contributed by atoms with Gasteiger partial charge < -0.3 is 9.47 Å². The average molecular weight is 350 g/mol. The van der Waals surface area contributed by atoms with E-state index >= 15 is 0 Å². The summed E-state index contributed by atoms with van der Waals surface area (Å²) in [6.45, 7) is 0.136. The van der Waals surface area contributed by atoms with Gasteiger partial charge in [0.05, 0.1) is 13.3 Å². The molecule has 1 aliphatic rings. The second-order valence-electron chi connectivity index (χ2n) is 4.98. The molecular weight excluding hydrogens is 338 g/mol. The SMILES string of the molecule is COc1nc(Oc2ccc(F)cc2F)ncc1N1CCC(=O)NC1=O. The minimum Gasteiger partial charge on any atom is -0.479 e. The Hall–Kier alpha value is -3.30. The smallest absolute Gasteiger partial charge is 0.328 e. The molecular formula is C15H12F2N4O4. The molecule has 10 heteroatoms. The summed E-state index contributed by atoms with van der Waals surface area (Å²) >= 11 is 0. The summed E-state index contributed by atoms with van der Waals surface area (Å²) in [5.41, 5.74) is 0.222. The van der Waals surface area contributed by atoms with Crippen LogP contribution in [0, 0.1) is 11.6 Å². The molecule has 1 fully saturated rings. The van der Waals surface area contributed by atoms with Crippen molar-refractivity contribution in [2.24, 2.45) is 0 Å². The Morgan fingerprint density at radius 3 is 2.76 bits per heavy atom. The third-order valence-electron chi connectivity index (χ3n) is 3.35. The van der Waals surface area contributed by atoms with E-state index in [9.17, 15) is 18.4 Å². The topological polar surface area (TPSA) is 93.7 Å². The Morgan fingerprint density at radius 1 is 1.28 bits per heavy atom. The van der Waals surface area contributed by atoms with Gasteiger partial charge in [0.1, 0.15) is 11.5 Å². The van der Waals surface area contributed by atoms with Crippen LogP contribution in [-0.2, 0) is 4.79 Å². The molecule has 0 spiro atoms. The normalized spacial score (nSPS) is 14.3. The lowest BCUT2D eigenvalue weighted by Crippen LogP contribution is -2.49.